The summed E-state index contributed by atoms with van der Waals surface area (Å²) in [4.78, 5) is 10.8. The molecule has 1 aromatic rings. The molecule has 0 saturated heterocycles. The molecule has 3 heteroatoms. The van der Waals surface area contributed by atoms with Gasteiger partial charge in [0.1, 0.15) is 13.0 Å². The Labute approximate surface area is 82.4 Å². The van der Waals surface area contributed by atoms with Crippen molar-refractivity contribution < 1.29 is 9.53 Å². The van der Waals surface area contributed by atoms with Crippen molar-refractivity contribution in [2.75, 3.05) is 13.3 Å². The zero-order valence-electron chi connectivity index (χ0n) is 7.69. The second kappa shape index (κ2) is 4.07. The molecular formula is C11H11NO2. The molecule has 0 amide bonds. The summed E-state index contributed by atoms with van der Waals surface area (Å²) in [5.74, 6) is 0. The van der Waals surface area contributed by atoms with E-state index in [1.165, 1.54) is 0 Å². The number of benzene rings is 1. The van der Waals surface area contributed by atoms with Gasteiger partial charge in [-0.15, -0.1) is 0 Å². The summed E-state index contributed by atoms with van der Waals surface area (Å²) in [5.41, 5.74) is 2.58. The second-order valence-corrected chi connectivity index (χ2v) is 3.05. The summed E-state index contributed by atoms with van der Waals surface area (Å²) in [6, 6.07) is 9.78. The topological polar surface area (TPSA) is 38.3 Å². The van der Waals surface area contributed by atoms with E-state index < -0.39 is 0 Å². The Hall–Kier alpha value is -1.61. The molecule has 1 N–H and O–H groups in total. The van der Waals surface area contributed by atoms with Crippen molar-refractivity contribution in [3.05, 3.63) is 41.5 Å². The molecule has 0 aliphatic carbocycles. The predicted octanol–water partition coefficient (Wildman–Crippen LogP) is 1.17. The predicted molar refractivity (Wildman–Crippen MR) is 53.4 cm³/mol. The Bertz CT molecular complexity index is 357. The molecule has 72 valence electrons. The Morgan fingerprint density at radius 1 is 1.29 bits per heavy atom. The lowest BCUT2D eigenvalue weighted by Crippen LogP contribution is -2.25. The monoisotopic (exact) mass is 189 g/mol. The van der Waals surface area contributed by atoms with Gasteiger partial charge in [-0.1, -0.05) is 30.3 Å². The molecule has 3 nitrogen and oxygen atoms in total. The van der Waals surface area contributed by atoms with E-state index in [2.05, 4.69) is 5.32 Å². The first-order valence-corrected chi connectivity index (χ1v) is 4.47. The zero-order chi connectivity index (χ0) is 9.80. The van der Waals surface area contributed by atoms with Crippen LogP contribution in [0.4, 0.5) is 0 Å². The average Bonchev–Trinajstić information content (AvgIpc) is 2.30. The molecule has 2 rings (SSSR count). The van der Waals surface area contributed by atoms with Gasteiger partial charge < -0.3 is 10.1 Å². The molecule has 0 atom stereocenters. The normalized spacial score (nSPS) is 16.3. The maximum absolute atomic E-state index is 10.8. The fourth-order valence-corrected chi connectivity index (χ4v) is 1.46. The lowest BCUT2D eigenvalue weighted by molar-refractivity contribution is -0.105. The van der Waals surface area contributed by atoms with Gasteiger partial charge in [-0.3, -0.25) is 4.79 Å². The van der Waals surface area contributed by atoms with Gasteiger partial charge in [0.15, 0.2) is 0 Å². The number of aldehydes is 1. The number of rotatable bonds is 2. The fourth-order valence-electron chi connectivity index (χ4n) is 1.46. The minimum Gasteiger partial charge on any atom is -0.362 e. The molecule has 0 unspecified atom stereocenters. The van der Waals surface area contributed by atoms with Crippen LogP contribution in [0, 0.1) is 0 Å². The highest BCUT2D eigenvalue weighted by Crippen LogP contribution is 2.17. The van der Waals surface area contributed by atoms with Crippen LogP contribution in [-0.4, -0.2) is 19.6 Å². The molecule has 0 fully saturated rings. The number of carbonyl (C=O) groups is 1. The third-order valence-corrected chi connectivity index (χ3v) is 2.13. The van der Waals surface area contributed by atoms with E-state index in [1.807, 2.05) is 30.3 Å². The van der Waals surface area contributed by atoms with E-state index in [1.54, 1.807) is 0 Å². The van der Waals surface area contributed by atoms with Crippen LogP contribution in [0.5, 0.6) is 0 Å². The largest absolute Gasteiger partial charge is 0.362 e. The summed E-state index contributed by atoms with van der Waals surface area (Å²) in [5, 5.41) is 3.06. The van der Waals surface area contributed by atoms with Crippen LogP contribution < -0.4 is 5.32 Å². The van der Waals surface area contributed by atoms with Crippen LogP contribution >= 0.6 is 0 Å². The zero-order valence-corrected chi connectivity index (χ0v) is 7.69. The highest BCUT2D eigenvalue weighted by Gasteiger charge is 2.12. The van der Waals surface area contributed by atoms with E-state index in [4.69, 9.17) is 4.74 Å². The van der Waals surface area contributed by atoms with Crippen molar-refractivity contribution in [2.24, 2.45) is 0 Å². The van der Waals surface area contributed by atoms with Crippen molar-refractivity contribution in [3.63, 3.8) is 0 Å². The van der Waals surface area contributed by atoms with E-state index in [-0.39, 0.29) is 0 Å². The number of carbonyl (C=O) groups excluding carboxylic acids is 1. The Kier molecular flexibility index (Phi) is 2.60. The van der Waals surface area contributed by atoms with Gasteiger partial charge in [-0.25, -0.2) is 0 Å². The van der Waals surface area contributed by atoms with Gasteiger partial charge in [-0.05, 0) is 5.56 Å². The van der Waals surface area contributed by atoms with Gasteiger partial charge in [-0.2, -0.15) is 0 Å². The van der Waals surface area contributed by atoms with Crippen LogP contribution in [0.1, 0.15) is 5.56 Å². The van der Waals surface area contributed by atoms with Crippen LogP contribution in [-0.2, 0) is 9.53 Å². The van der Waals surface area contributed by atoms with Crippen LogP contribution in [0.25, 0.3) is 5.70 Å². The van der Waals surface area contributed by atoms with E-state index in [9.17, 15) is 4.79 Å². The van der Waals surface area contributed by atoms with Crippen molar-refractivity contribution in [3.8, 4) is 0 Å². The first kappa shape index (κ1) is 8.97. The highest BCUT2D eigenvalue weighted by molar-refractivity contribution is 5.88. The molecule has 0 saturated carbocycles. The van der Waals surface area contributed by atoms with Crippen LogP contribution in [0.15, 0.2) is 35.9 Å². The summed E-state index contributed by atoms with van der Waals surface area (Å²) in [6.07, 6.45) is 0.842. The molecule has 0 radical (unpaired) electrons. The van der Waals surface area contributed by atoms with Gasteiger partial charge in [0.2, 0.25) is 0 Å². The first-order chi connectivity index (χ1) is 6.92. The summed E-state index contributed by atoms with van der Waals surface area (Å²) >= 11 is 0. The van der Waals surface area contributed by atoms with Gasteiger partial charge in [0.25, 0.3) is 0 Å². The summed E-state index contributed by atoms with van der Waals surface area (Å²) < 4.78 is 5.12. The maximum Gasteiger partial charge on any atom is 0.150 e. The van der Waals surface area contributed by atoms with Gasteiger partial charge >= 0.3 is 0 Å². The minimum absolute atomic E-state index is 0.390. The van der Waals surface area contributed by atoms with Gasteiger partial charge in [0, 0.05) is 5.57 Å². The molecule has 1 aromatic carbocycles. The molecular weight excluding hydrogens is 178 g/mol. The smallest absolute Gasteiger partial charge is 0.150 e. The SMILES string of the molecule is O=CC1=C(c2ccccc2)NCOC1. The van der Waals surface area contributed by atoms with Crippen LogP contribution in [0.2, 0.25) is 0 Å². The minimum atomic E-state index is 0.390. The molecule has 1 aliphatic heterocycles. The summed E-state index contributed by atoms with van der Waals surface area (Å²) in [6.45, 7) is 0.849. The van der Waals surface area contributed by atoms with E-state index >= 15 is 0 Å². The number of ether oxygens (including phenoxy) is 1. The van der Waals surface area contributed by atoms with Crippen molar-refractivity contribution in [1.82, 2.24) is 5.32 Å². The Morgan fingerprint density at radius 2 is 2.07 bits per heavy atom. The third-order valence-electron chi connectivity index (χ3n) is 2.13. The number of hydrogen-bond acceptors (Lipinski definition) is 3. The molecule has 1 aliphatic rings. The third kappa shape index (κ3) is 1.67. The van der Waals surface area contributed by atoms with Crippen LogP contribution in [0.3, 0.4) is 0 Å². The van der Waals surface area contributed by atoms with E-state index in [0.717, 1.165) is 17.5 Å². The standard InChI is InChI=1S/C11H11NO2/c13-6-10-7-14-8-12-11(10)9-4-2-1-3-5-9/h1-6,12H,7-8H2. The Morgan fingerprint density at radius 3 is 2.79 bits per heavy atom. The maximum atomic E-state index is 10.8. The number of nitrogens with one attached hydrogen (secondary N) is 1. The average molecular weight is 189 g/mol. The Balaban J connectivity index is 2.40. The van der Waals surface area contributed by atoms with Crippen molar-refractivity contribution in [1.29, 1.82) is 0 Å². The fraction of sp³-hybridized carbons (Fsp3) is 0.182. The second-order valence-electron chi connectivity index (χ2n) is 3.05. The lowest BCUT2D eigenvalue weighted by Gasteiger charge is -2.19. The van der Waals surface area contributed by atoms with Gasteiger partial charge in [0.05, 0.1) is 12.3 Å². The van der Waals surface area contributed by atoms with E-state index in [0.29, 0.717) is 18.9 Å². The summed E-state index contributed by atoms with van der Waals surface area (Å²) in [7, 11) is 0. The molecule has 1 heterocycles. The highest BCUT2D eigenvalue weighted by atomic mass is 16.5. The lowest BCUT2D eigenvalue weighted by atomic mass is 10.1. The molecule has 14 heavy (non-hydrogen) atoms. The molecule has 0 aromatic heterocycles. The molecule has 0 bridgehead atoms. The van der Waals surface area contributed by atoms with Crippen molar-refractivity contribution >= 4 is 12.0 Å². The quantitative estimate of drug-likeness (QED) is 0.710. The van der Waals surface area contributed by atoms with Crippen molar-refractivity contribution in [2.45, 2.75) is 0 Å². The molecule has 0 spiro atoms. The number of hydrogen-bond donors (Lipinski definition) is 1. The first-order valence-electron chi connectivity index (χ1n) is 4.47.